The molecule has 0 bridgehead atoms. The molecular formula is C13H18N2O2S. The van der Waals surface area contributed by atoms with E-state index in [0.29, 0.717) is 11.4 Å². The lowest BCUT2D eigenvalue weighted by Crippen LogP contribution is -2.08. The highest BCUT2D eigenvalue weighted by atomic mass is 32.2. The van der Waals surface area contributed by atoms with Crippen molar-refractivity contribution in [3.05, 3.63) is 17.6 Å². The molecule has 1 aliphatic carbocycles. The minimum absolute atomic E-state index is 0.357. The fraction of sp³-hybridized carbons (Fsp3) is 0.615. The van der Waals surface area contributed by atoms with Gasteiger partial charge in [-0.05, 0) is 25.7 Å². The third-order valence-electron chi connectivity index (χ3n) is 3.21. The Morgan fingerprint density at radius 1 is 1.50 bits per heavy atom. The number of hydrogen-bond donors (Lipinski definition) is 0. The maximum absolute atomic E-state index is 11.6. The maximum atomic E-state index is 11.6. The Bertz CT molecular complexity index is 431. The zero-order valence-electron chi connectivity index (χ0n) is 10.8. The Balaban J connectivity index is 2.08. The smallest absolute Gasteiger partial charge is 0.342 e. The van der Waals surface area contributed by atoms with Gasteiger partial charge in [-0.2, -0.15) is 0 Å². The number of carbonyl (C=O) groups excluding carboxylic acids is 1. The van der Waals surface area contributed by atoms with Crippen molar-refractivity contribution < 1.29 is 9.53 Å². The van der Waals surface area contributed by atoms with Crippen LogP contribution in [0, 0.1) is 12.8 Å². The van der Waals surface area contributed by atoms with Gasteiger partial charge in [0.25, 0.3) is 0 Å². The largest absolute Gasteiger partial charge is 0.465 e. The van der Waals surface area contributed by atoms with Crippen molar-refractivity contribution in [1.82, 2.24) is 9.97 Å². The first-order chi connectivity index (χ1) is 8.70. The molecule has 0 N–H and O–H groups in total. The predicted octanol–water partition coefficient (Wildman–Crippen LogP) is 2.85. The first-order valence-corrected chi connectivity index (χ1v) is 7.24. The molecule has 0 atom stereocenters. The number of methoxy groups -OCH3 is 1. The van der Waals surface area contributed by atoms with Crippen LogP contribution in [0.3, 0.4) is 0 Å². The monoisotopic (exact) mass is 266 g/mol. The number of thioether (sulfide) groups is 1. The third-order valence-corrected chi connectivity index (χ3v) is 4.43. The van der Waals surface area contributed by atoms with Crippen LogP contribution >= 0.6 is 11.8 Å². The van der Waals surface area contributed by atoms with Crippen LogP contribution in [0.15, 0.2) is 11.2 Å². The molecule has 5 heteroatoms. The molecule has 0 spiro atoms. The van der Waals surface area contributed by atoms with E-state index >= 15 is 0 Å². The average Bonchev–Trinajstić information content (AvgIpc) is 2.88. The quantitative estimate of drug-likeness (QED) is 0.476. The normalized spacial score (nSPS) is 15.9. The lowest BCUT2D eigenvalue weighted by molar-refractivity contribution is 0.0595. The lowest BCUT2D eigenvalue weighted by atomic mass is 10.1. The minimum Gasteiger partial charge on any atom is -0.465 e. The Hall–Kier alpha value is -1.10. The van der Waals surface area contributed by atoms with E-state index in [1.807, 2.05) is 6.92 Å². The van der Waals surface area contributed by atoms with Gasteiger partial charge in [0.15, 0.2) is 0 Å². The number of rotatable bonds is 4. The fourth-order valence-corrected chi connectivity index (χ4v) is 3.40. The fourth-order valence-electron chi connectivity index (χ4n) is 2.18. The standard InChI is InChI=1S/C13H18N2O2S/c1-9-14-7-11(13(16)17-2)12(15-9)18-8-10-5-3-4-6-10/h7,10H,3-6,8H2,1-2H3. The summed E-state index contributed by atoms with van der Waals surface area (Å²) in [7, 11) is 1.38. The number of carbonyl (C=O) groups is 1. The first kappa shape index (κ1) is 13.3. The molecule has 0 amide bonds. The molecule has 1 fully saturated rings. The molecule has 0 unspecified atom stereocenters. The van der Waals surface area contributed by atoms with Crippen molar-refractivity contribution in [2.45, 2.75) is 37.6 Å². The van der Waals surface area contributed by atoms with Crippen LogP contribution in [0.25, 0.3) is 0 Å². The number of esters is 1. The summed E-state index contributed by atoms with van der Waals surface area (Å²) in [5, 5.41) is 0.751. The highest BCUT2D eigenvalue weighted by Gasteiger charge is 2.19. The molecule has 0 saturated heterocycles. The first-order valence-electron chi connectivity index (χ1n) is 6.25. The highest BCUT2D eigenvalue weighted by Crippen LogP contribution is 2.31. The molecule has 1 aliphatic rings. The van der Waals surface area contributed by atoms with Gasteiger partial charge in [-0.15, -0.1) is 11.8 Å². The van der Waals surface area contributed by atoms with Gasteiger partial charge in [-0.3, -0.25) is 0 Å². The summed E-state index contributed by atoms with van der Waals surface area (Å²) < 4.78 is 4.76. The van der Waals surface area contributed by atoms with Crippen LogP contribution < -0.4 is 0 Å². The third kappa shape index (κ3) is 3.22. The minimum atomic E-state index is -0.357. The summed E-state index contributed by atoms with van der Waals surface area (Å²) in [6, 6.07) is 0. The number of nitrogens with zero attached hydrogens (tertiary/aromatic N) is 2. The van der Waals surface area contributed by atoms with Crippen molar-refractivity contribution in [1.29, 1.82) is 0 Å². The van der Waals surface area contributed by atoms with Crippen LogP contribution in [0.4, 0.5) is 0 Å². The molecular weight excluding hydrogens is 248 g/mol. The Kier molecular flexibility index (Phi) is 4.58. The van der Waals surface area contributed by atoms with E-state index in [4.69, 9.17) is 4.74 Å². The van der Waals surface area contributed by atoms with E-state index in [-0.39, 0.29) is 5.97 Å². The summed E-state index contributed by atoms with van der Waals surface area (Å²) >= 11 is 1.65. The molecule has 1 aromatic heterocycles. The maximum Gasteiger partial charge on any atom is 0.342 e. The number of ether oxygens (including phenoxy) is 1. The molecule has 4 nitrogen and oxygen atoms in total. The summed E-state index contributed by atoms with van der Waals surface area (Å²) in [4.78, 5) is 20.0. The molecule has 18 heavy (non-hydrogen) atoms. The van der Waals surface area contributed by atoms with E-state index in [0.717, 1.165) is 16.7 Å². The van der Waals surface area contributed by atoms with E-state index < -0.39 is 0 Å². The van der Waals surface area contributed by atoms with Crippen LogP contribution in [-0.4, -0.2) is 28.8 Å². The molecule has 1 saturated carbocycles. The summed E-state index contributed by atoms with van der Waals surface area (Å²) in [5.41, 5.74) is 0.478. The lowest BCUT2D eigenvalue weighted by Gasteiger charge is -2.10. The van der Waals surface area contributed by atoms with Gasteiger partial charge in [0.2, 0.25) is 0 Å². The topological polar surface area (TPSA) is 52.1 Å². The van der Waals surface area contributed by atoms with E-state index in [1.165, 1.54) is 32.8 Å². The van der Waals surface area contributed by atoms with Gasteiger partial charge in [-0.1, -0.05) is 12.8 Å². The Labute approximate surface area is 112 Å². The SMILES string of the molecule is COC(=O)c1cnc(C)nc1SCC1CCCC1. The van der Waals surface area contributed by atoms with Gasteiger partial charge in [-0.25, -0.2) is 14.8 Å². The highest BCUT2D eigenvalue weighted by molar-refractivity contribution is 7.99. The van der Waals surface area contributed by atoms with E-state index in [9.17, 15) is 4.79 Å². The molecule has 98 valence electrons. The van der Waals surface area contributed by atoms with Gasteiger partial charge >= 0.3 is 5.97 Å². The Morgan fingerprint density at radius 2 is 2.22 bits per heavy atom. The van der Waals surface area contributed by atoms with Crippen molar-refractivity contribution >= 4 is 17.7 Å². The second-order valence-corrected chi connectivity index (χ2v) is 5.60. The molecule has 0 aliphatic heterocycles. The van der Waals surface area contributed by atoms with Crippen LogP contribution in [0.1, 0.15) is 41.9 Å². The number of hydrogen-bond acceptors (Lipinski definition) is 5. The number of aryl methyl sites for hydroxylation is 1. The predicted molar refractivity (Wildman–Crippen MR) is 70.8 cm³/mol. The summed E-state index contributed by atoms with van der Waals surface area (Å²) in [6.07, 6.45) is 6.82. The molecule has 0 radical (unpaired) electrons. The zero-order valence-corrected chi connectivity index (χ0v) is 11.6. The van der Waals surface area contributed by atoms with Crippen LogP contribution in [-0.2, 0) is 4.74 Å². The van der Waals surface area contributed by atoms with Gasteiger partial charge in [0.1, 0.15) is 16.4 Å². The second-order valence-electron chi connectivity index (χ2n) is 4.59. The Morgan fingerprint density at radius 3 is 2.89 bits per heavy atom. The van der Waals surface area contributed by atoms with Gasteiger partial charge < -0.3 is 4.74 Å². The second kappa shape index (κ2) is 6.18. The van der Waals surface area contributed by atoms with Crippen LogP contribution in [0.5, 0.6) is 0 Å². The van der Waals surface area contributed by atoms with Crippen molar-refractivity contribution in [3.8, 4) is 0 Å². The number of aromatic nitrogens is 2. The van der Waals surface area contributed by atoms with Gasteiger partial charge in [0.05, 0.1) is 7.11 Å². The zero-order chi connectivity index (χ0) is 13.0. The van der Waals surface area contributed by atoms with E-state index in [2.05, 4.69) is 9.97 Å². The molecule has 1 heterocycles. The molecule has 0 aromatic carbocycles. The molecule has 2 rings (SSSR count). The van der Waals surface area contributed by atoms with Crippen molar-refractivity contribution in [3.63, 3.8) is 0 Å². The van der Waals surface area contributed by atoms with Crippen molar-refractivity contribution in [2.24, 2.45) is 5.92 Å². The summed E-state index contributed by atoms with van der Waals surface area (Å²) in [5.74, 6) is 2.12. The van der Waals surface area contributed by atoms with Crippen molar-refractivity contribution in [2.75, 3.05) is 12.9 Å². The van der Waals surface area contributed by atoms with Gasteiger partial charge in [0, 0.05) is 11.9 Å². The average molecular weight is 266 g/mol. The molecule has 1 aromatic rings. The summed E-state index contributed by atoms with van der Waals surface area (Å²) in [6.45, 7) is 1.83. The van der Waals surface area contributed by atoms with E-state index in [1.54, 1.807) is 18.0 Å². The van der Waals surface area contributed by atoms with Crippen LogP contribution in [0.2, 0.25) is 0 Å².